The highest BCUT2D eigenvalue weighted by atomic mass is 32.1. The number of alkyl halides is 3. The van der Waals surface area contributed by atoms with E-state index in [-0.39, 0.29) is 5.75 Å². The molecule has 1 saturated carbocycles. The van der Waals surface area contributed by atoms with Gasteiger partial charge < -0.3 is 15.0 Å². The Morgan fingerprint density at radius 3 is 2.47 bits per heavy atom. The van der Waals surface area contributed by atoms with Crippen molar-refractivity contribution in [1.82, 2.24) is 10.2 Å². The van der Waals surface area contributed by atoms with Crippen molar-refractivity contribution in [2.45, 2.75) is 38.0 Å². The number of ether oxygens (including phenoxy) is 1. The molecule has 0 aromatic heterocycles. The number of carbonyl (C=O) groups excluding carboxylic acids is 1. The molecule has 3 aromatic carbocycles. The lowest BCUT2D eigenvalue weighted by molar-refractivity contribution is -0.137. The van der Waals surface area contributed by atoms with Gasteiger partial charge >= 0.3 is 12.3 Å². The van der Waals surface area contributed by atoms with Gasteiger partial charge in [0.2, 0.25) is 0 Å². The van der Waals surface area contributed by atoms with Crippen molar-refractivity contribution >= 4 is 29.1 Å². The number of rotatable bonds is 4. The van der Waals surface area contributed by atoms with Gasteiger partial charge in [0.1, 0.15) is 5.75 Å². The number of thiocarbonyl (C=S) groups is 1. The minimum absolute atomic E-state index is 0.250. The zero-order chi connectivity index (χ0) is 25.3. The Morgan fingerprint density at radius 2 is 1.75 bits per heavy atom. The highest BCUT2D eigenvalue weighted by molar-refractivity contribution is 7.80. The first-order valence-corrected chi connectivity index (χ1v) is 12.1. The summed E-state index contributed by atoms with van der Waals surface area (Å²) in [6.45, 7) is 1.53. The van der Waals surface area contributed by atoms with Gasteiger partial charge in [0.05, 0.1) is 5.56 Å². The zero-order valence-electron chi connectivity index (χ0n) is 19.3. The van der Waals surface area contributed by atoms with Crippen LogP contribution < -0.4 is 15.4 Å². The number of hydrogen-bond acceptors (Lipinski definition) is 3. The molecule has 5 nitrogen and oxygen atoms in total. The number of nitrogens with one attached hydrogen (secondary N) is 2. The molecule has 1 aliphatic carbocycles. The van der Waals surface area contributed by atoms with E-state index in [1.54, 1.807) is 24.3 Å². The molecule has 0 bridgehead atoms. The predicted molar refractivity (Wildman–Crippen MR) is 136 cm³/mol. The van der Waals surface area contributed by atoms with Crippen LogP contribution >= 0.6 is 12.2 Å². The Kier molecular flexibility index (Phi) is 6.57. The molecule has 0 spiro atoms. The maximum atomic E-state index is 12.9. The summed E-state index contributed by atoms with van der Waals surface area (Å²) >= 11 is 5.52. The lowest BCUT2D eigenvalue weighted by Crippen LogP contribution is -2.43. The average Bonchev–Trinajstić information content (AvgIpc) is 3.67. The van der Waals surface area contributed by atoms with Gasteiger partial charge in [0.25, 0.3) is 0 Å². The summed E-state index contributed by atoms with van der Waals surface area (Å²) in [5, 5.41) is 6.92. The van der Waals surface area contributed by atoms with Crippen LogP contribution in [0.4, 0.5) is 23.7 Å². The van der Waals surface area contributed by atoms with E-state index in [0.29, 0.717) is 22.9 Å². The minimum atomic E-state index is -4.42. The lowest BCUT2D eigenvalue weighted by atomic mass is 9.99. The molecule has 5 rings (SSSR count). The van der Waals surface area contributed by atoms with Crippen LogP contribution in [-0.2, 0) is 19.1 Å². The molecule has 1 fully saturated rings. The number of halogens is 3. The third-order valence-electron chi connectivity index (χ3n) is 6.27. The van der Waals surface area contributed by atoms with Crippen molar-refractivity contribution in [3.05, 3.63) is 83.4 Å². The Morgan fingerprint density at radius 1 is 1.00 bits per heavy atom. The SMILES string of the molecule is O=C(Nc1ccc2c(c1)CCN(C(=S)NC1CC1)C2)Oc1ccccc1-c1ccc(C(F)(F)F)cc1. The third-order valence-corrected chi connectivity index (χ3v) is 6.65. The summed E-state index contributed by atoms with van der Waals surface area (Å²) in [7, 11) is 0. The van der Waals surface area contributed by atoms with Gasteiger partial charge in [0, 0.05) is 30.4 Å². The fraction of sp³-hybridized carbons (Fsp3) is 0.259. The summed E-state index contributed by atoms with van der Waals surface area (Å²) in [6.07, 6.45) is -1.94. The van der Waals surface area contributed by atoms with E-state index in [1.165, 1.54) is 25.0 Å². The number of hydrogen-bond donors (Lipinski definition) is 2. The van der Waals surface area contributed by atoms with Crippen LogP contribution in [0.3, 0.4) is 0 Å². The summed E-state index contributed by atoms with van der Waals surface area (Å²) in [6, 6.07) is 17.7. The molecule has 1 aliphatic heterocycles. The molecule has 1 amide bonds. The van der Waals surface area contributed by atoms with E-state index in [9.17, 15) is 18.0 Å². The summed E-state index contributed by atoms with van der Waals surface area (Å²) < 4.78 is 44.2. The number of para-hydroxylation sites is 1. The van der Waals surface area contributed by atoms with Gasteiger partial charge in [-0.2, -0.15) is 13.2 Å². The molecule has 36 heavy (non-hydrogen) atoms. The monoisotopic (exact) mass is 511 g/mol. The molecule has 1 heterocycles. The molecule has 2 aliphatic rings. The number of amides is 1. The topological polar surface area (TPSA) is 53.6 Å². The molecule has 0 radical (unpaired) electrons. The Labute approximate surface area is 212 Å². The van der Waals surface area contributed by atoms with E-state index >= 15 is 0 Å². The highest BCUT2D eigenvalue weighted by Gasteiger charge is 2.30. The zero-order valence-corrected chi connectivity index (χ0v) is 20.1. The maximum Gasteiger partial charge on any atom is 0.417 e. The lowest BCUT2D eigenvalue weighted by Gasteiger charge is -2.31. The van der Waals surface area contributed by atoms with Gasteiger partial charge in [-0.1, -0.05) is 36.4 Å². The van der Waals surface area contributed by atoms with Crippen LogP contribution in [0.15, 0.2) is 66.7 Å². The van der Waals surface area contributed by atoms with E-state index in [0.717, 1.165) is 47.9 Å². The number of fused-ring (bicyclic) bond motifs is 1. The quantitative estimate of drug-likeness (QED) is 0.398. The molecule has 186 valence electrons. The van der Waals surface area contributed by atoms with Gasteiger partial charge in [-0.3, -0.25) is 5.32 Å². The van der Waals surface area contributed by atoms with Crippen molar-refractivity contribution in [2.24, 2.45) is 0 Å². The van der Waals surface area contributed by atoms with Gasteiger partial charge in [-0.25, -0.2) is 4.79 Å². The van der Waals surface area contributed by atoms with Crippen LogP contribution in [0.5, 0.6) is 5.75 Å². The maximum absolute atomic E-state index is 12.9. The second kappa shape index (κ2) is 9.81. The summed E-state index contributed by atoms with van der Waals surface area (Å²) in [5.74, 6) is 0.250. The summed E-state index contributed by atoms with van der Waals surface area (Å²) in [4.78, 5) is 14.8. The number of nitrogens with zero attached hydrogens (tertiary/aromatic N) is 1. The third kappa shape index (κ3) is 5.62. The molecule has 0 atom stereocenters. The Balaban J connectivity index is 1.24. The van der Waals surface area contributed by atoms with Gasteiger partial charge in [-0.05, 0) is 78.5 Å². The van der Waals surface area contributed by atoms with Crippen LogP contribution in [0.25, 0.3) is 11.1 Å². The van der Waals surface area contributed by atoms with Crippen LogP contribution in [0.1, 0.15) is 29.5 Å². The molecule has 9 heteroatoms. The van der Waals surface area contributed by atoms with E-state index in [2.05, 4.69) is 15.5 Å². The molecular formula is C27H24F3N3O2S. The molecule has 0 saturated heterocycles. The minimum Gasteiger partial charge on any atom is -0.409 e. The first-order chi connectivity index (χ1) is 17.3. The van der Waals surface area contributed by atoms with Gasteiger partial charge in [-0.15, -0.1) is 0 Å². The van der Waals surface area contributed by atoms with Crippen LogP contribution in [0, 0.1) is 0 Å². The fourth-order valence-corrected chi connectivity index (χ4v) is 4.50. The Hall–Kier alpha value is -3.59. The smallest absolute Gasteiger partial charge is 0.409 e. The second-order valence-electron chi connectivity index (χ2n) is 8.96. The number of benzene rings is 3. The van der Waals surface area contributed by atoms with Crippen LogP contribution in [0.2, 0.25) is 0 Å². The first-order valence-electron chi connectivity index (χ1n) is 11.7. The van der Waals surface area contributed by atoms with Crippen molar-refractivity contribution < 1.29 is 22.7 Å². The molecule has 3 aromatic rings. The fourth-order valence-electron chi connectivity index (χ4n) is 4.17. The molecule has 0 unspecified atom stereocenters. The van der Waals surface area contributed by atoms with Crippen molar-refractivity contribution in [1.29, 1.82) is 0 Å². The Bertz CT molecular complexity index is 1290. The van der Waals surface area contributed by atoms with E-state index in [4.69, 9.17) is 17.0 Å². The van der Waals surface area contributed by atoms with Crippen LogP contribution in [-0.4, -0.2) is 28.7 Å². The second-order valence-corrected chi connectivity index (χ2v) is 9.35. The van der Waals surface area contributed by atoms with E-state index < -0.39 is 17.8 Å². The first kappa shape index (κ1) is 24.1. The highest BCUT2D eigenvalue weighted by Crippen LogP contribution is 2.34. The van der Waals surface area contributed by atoms with Gasteiger partial charge in [0.15, 0.2) is 5.11 Å². The average molecular weight is 512 g/mol. The molecular weight excluding hydrogens is 487 g/mol. The summed E-state index contributed by atoms with van der Waals surface area (Å²) in [5.41, 5.74) is 3.20. The normalized spacial score (nSPS) is 15.1. The van der Waals surface area contributed by atoms with Crippen molar-refractivity contribution in [2.75, 3.05) is 11.9 Å². The number of anilines is 1. The van der Waals surface area contributed by atoms with Crippen molar-refractivity contribution in [3.63, 3.8) is 0 Å². The largest absolute Gasteiger partial charge is 0.417 e. The standard InChI is InChI=1S/C27H24F3N3O2S/c28-27(29,30)20-8-5-17(6-9-20)23-3-1-2-4-24(23)35-26(34)32-22-10-7-19-16-33(14-13-18(19)15-22)25(36)31-21-11-12-21/h1-10,15,21H,11-14,16H2,(H,31,36)(H,32,34). The molecule has 2 N–H and O–H groups in total. The van der Waals surface area contributed by atoms with Crippen molar-refractivity contribution in [3.8, 4) is 16.9 Å². The van der Waals surface area contributed by atoms with E-state index in [1.807, 2.05) is 18.2 Å². The number of carbonyl (C=O) groups is 1. The predicted octanol–water partition coefficient (Wildman–Crippen LogP) is 6.38.